The molecule has 36 heavy (non-hydrogen) atoms. The van der Waals surface area contributed by atoms with Gasteiger partial charge in [-0.1, -0.05) is 48.5 Å². The fourth-order valence-corrected chi connectivity index (χ4v) is 4.17. The molecule has 4 aromatic rings. The summed E-state index contributed by atoms with van der Waals surface area (Å²) in [7, 11) is 0. The highest BCUT2D eigenvalue weighted by molar-refractivity contribution is 6.00. The lowest BCUT2D eigenvalue weighted by Crippen LogP contribution is -2.40. The van der Waals surface area contributed by atoms with Crippen LogP contribution in [0.25, 0.3) is 16.9 Å². The normalized spacial score (nSPS) is 12.8. The largest absolute Gasteiger partial charge is 0.329 e. The summed E-state index contributed by atoms with van der Waals surface area (Å²) in [4.78, 5) is 32.8. The quantitative estimate of drug-likeness (QED) is 0.362. The lowest BCUT2D eigenvalue weighted by atomic mass is 10.1. The van der Waals surface area contributed by atoms with E-state index >= 15 is 0 Å². The maximum absolute atomic E-state index is 13.5. The summed E-state index contributed by atoms with van der Waals surface area (Å²) in [6.45, 7) is 2.36. The minimum Gasteiger partial charge on any atom is -0.329 e. The average molecular weight is 483 g/mol. The summed E-state index contributed by atoms with van der Waals surface area (Å²) in [5.74, 6) is -0.108. The van der Waals surface area contributed by atoms with Gasteiger partial charge >= 0.3 is 0 Å². The Morgan fingerprint density at radius 3 is 2.39 bits per heavy atom. The van der Waals surface area contributed by atoms with Crippen LogP contribution in [0.15, 0.2) is 85.1 Å². The first-order chi connectivity index (χ1) is 17.5. The number of halogens is 1. The first kappa shape index (κ1) is 23.5. The van der Waals surface area contributed by atoms with Crippen molar-refractivity contribution in [3.63, 3.8) is 0 Å². The van der Waals surface area contributed by atoms with Crippen LogP contribution in [0.3, 0.4) is 0 Å². The Bertz CT molecular complexity index is 1380. The number of imidazole rings is 1. The molecule has 0 radical (unpaired) electrons. The Balaban J connectivity index is 1.41. The Labute approximate surface area is 209 Å². The topological polar surface area (TPSA) is 67.2 Å². The number of hydrogen-bond donors (Lipinski definition) is 1. The third kappa shape index (κ3) is 5.35. The molecule has 0 aliphatic heterocycles. The van der Waals surface area contributed by atoms with Crippen molar-refractivity contribution in [1.29, 1.82) is 0 Å². The van der Waals surface area contributed by atoms with Gasteiger partial charge in [0.15, 0.2) is 0 Å². The van der Waals surface area contributed by atoms with Crippen LogP contribution in [0, 0.1) is 18.7 Å². The molecule has 0 atom stereocenters. The van der Waals surface area contributed by atoms with Crippen LogP contribution in [0.4, 0.5) is 10.3 Å². The fraction of sp³-hybridized carbons (Fsp3) is 0.207. The number of aryl methyl sites for hydroxylation is 1. The molecule has 1 N–H and O–H groups in total. The van der Waals surface area contributed by atoms with Crippen molar-refractivity contribution >= 4 is 17.8 Å². The van der Waals surface area contributed by atoms with E-state index in [1.54, 1.807) is 33.9 Å². The van der Waals surface area contributed by atoms with E-state index in [9.17, 15) is 14.0 Å². The highest BCUT2D eigenvalue weighted by Gasteiger charge is 2.29. The van der Waals surface area contributed by atoms with Gasteiger partial charge in [-0.25, -0.2) is 9.37 Å². The average Bonchev–Trinajstić information content (AvgIpc) is 3.61. The summed E-state index contributed by atoms with van der Waals surface area (Å²) < 4.78 is 15.3. The molecule has 1 aliphatic rings. The van der Waals surface area contributed by atoms with Gasteiger partial charge in [0.2, 0.25) is 11.9 Å². The smallest absolute Gasteiger partial charge is 0.254 e. The number of amides is 2. The zero-order valence-corrected chi connectivity index (χ0v) is 20.0. The van der Waals surface area contributed by atoms with Crippen LogP contribution in [0.5, 0.6) is 0 Å². The van der Waals surface area contributed by atoms with E-state index in [1.807, 2.05) is 55.5 Å². The molecule has 7 heteroatoms. The van der Waals surface area contributed by atoms with Crippen molar-refractivity contribution in [1.82, 2.24) is 14.5 Å². The standard InChI is InChI=1S/C29H27FN4O2/c1-20-7-5-6-10-25(20)28(36)33(17-21-11-12-21)19-27(35)32-29-31-26(22-8-3-2-4-9-22)18-34(29)24-15-13-23(30)14-16-24/h2-10,13-16,18,21H,11-12,17,19H2,1H3,(H,31,32,35). The number of nitrogens with one attached hydrogen (secondary N) is 1. The van der Waals surface area contributed by atoms with Gasteiger partial charge in [0, 0.05) is 29.6 Å². The van der Waals surface area contributed by atoms with Crippen LogP contribution in [-0.2, 0) is 4.79 Å². The molecule has 6 nitrogen and oxygen atoms in total. The second-order valence-electron chi connectivity index (χ2n) is 9.15. The Hall–Kier alpha value is -4.26. The van der Waals surface area contributed by atoms with Crippen molar-refractivity contribution in [2.45, 2.75) is 19.8 Å². The van der Waals surface area contributed by atoms with Crippen molar-refractivity contribution in [3.8, 4) is 16.9 Å². The third-order valence-corrected chi connectivity index (χ3v) is 6.30. The van der Waals surface area contributed by atoms with Gasteiger partial charge in [-0.15, -0.1) is 0 Å². The van der Waals surface area contributed by atoms with E-state index in [1.165, 1.54) is 12.1 Å². The summed E-state index contributed by atoms with van der Waals surface area (Å²) in [6, 6.07) is 23.0. The van der Waals surface area contributed by atoms with Crippen molar-refractivity contribution in [2.75, 3.05) is 18.4 Å². The van der Waals surface area contributed by atoms with Gasteiger partial charge < -0.3 is 4.90 Å². The SMILES string of the molecule is Cc1ccccc1C(=O)N(CC(=O)Nc1nc(-c2ccccc2)cn1-c1ccc(F)cc1)CC1CC1. The molecular formula is C29H27FN4O2. The minimum absolute atomic E-state index is 0.0827. The number of benzene rings is 3. The minimum atomic E-state index is -0.349. The Morgan fingerprint density at radius 2 is 1.69 bits per heavy atom. The number of anilines is 1. The molecule has 5 rings (SSSR count). The van der Waals surface area contributed by atoms with Gasteiger partial charge in [0.25, 0.3) is 5.91 Å². The monoisotopic (exact) mass is 482 g/mol. The predicted octanol–water partition coefficient (Wildman–Crippen LogP) is 5.48. The lowest BCUT2D eigenvalue weighted by Gasteiger charge is -2.23. The van der Waals surface area contributed by atoms with Gasteiger partial charge in [-0.05, 0) is 61.6 Å². The molecule has 182 valence electrons. The van der Waals surface area contributed by atoms with Crippen molar-refractivity contribution in [3.05, 3.63) is 102 Å². The van der Waals surface area contributed by atoms with E-state index in [4.69, 9.17) is 0 Å². The molecule has 0 spiro atoms. The number of hydrogen-bond acceptors (Lipinski definition) is 3. The maximum atomic E-state index is 13.5. The summed E-state index contributed by atoms with van der Waals surface area (Å²) in [5.41, 5.74) is 3.69. The molecule has 1 fully saturated rings. The summed E-state index contributed by atoms with van der Waals surface area (Å²) in [6.07, 6.45) is 3.93. The van der Waals surface area contributed by atoms with Crippen molar-refractivity contribution in [2.24, 2.45) is 5.92 Å². The van der Waals surface area contributed by atoms with Gasteiger partial charge in [0.1, 0.15) is 12.4 Å². The van der Waals surface area contributed by atoms with Gasteiger partial charge in [-0.3, -0.25) is 19.5 Å². The second kappa shape index (κ2) is 10.2. The number of rotatable bonds is 8. The van der Waals surface area contributed by atoms with Gasteiger partial charge in [-0.2, -0.15) is 0 Å². The van der Waals surface area contributed by atoms with Crippen LogP contribution in [0.2, 0.25) is 0 Å². The molecule has 2 amide bonds. The molecule has 1 heterocycles. The second-order valence-corrected chi connectivity index (χ2v) is 9.15. The Kier molecular flexibility index (Phi) is 6.62. The summed E-state index contributed by atoms with van der Waals surface area (Å²) >= 11 is 0. The van der Waals surface area contributed by atoms with E-state index in [-0.39, 0.29) is 24.2 Å². The van der Waals surface area contributed by atoms with Crippen molar-refractivity contribution < 1.29 is 14.0 Å². The molecule has 1 aliphatic carbocycles. The zero-order chi connectivity index (χ0) is 25.1. The molecular weight excluding hydrogens is 455 g/mol. The molecule has 0 saturated heterocycles. The molecule has 1 saturated carbocycles. The number of nitrogens with zero attached hydrogens (tertiary/aromatic N) is 3. The van der Waals surface area contributed by atoms with E-state index < -0.39 is 0 Å². The fourth-order valence-electron chi connectivity index (χ4n) is 4.17. The number of carbonyl (C=O) groups is 2. The molecule has 0 unspecified atom stereocenters. The van der Waals surface area contributed by atoms with E-state index in [0.717, 1.165) is 24.0 Å². The van der Waals surface area contributed by atoms with Gasteiger partial charge in [0.05, 0.1) is 5.69 Å². The third-order valence-electron chi connectivity index (χ3n) is 6.30. The lowest BCUT2D eigenvalue weighted by molar-refractivity contribution is -0.117. The number of aromatic nitrogens is 2. The Morgan fingerprint density at radius 1 is 1.00 bits per heavy atom. The highest BCUT2D eigenvalue weighted by Crippen LogP contribution is 2.30. The molecule has 1 aromatic heterocycles. The van der Waals surface area contributed by atoms with Crippen LogP contribution in [0.1, 0.15) is 28.8 Å². The van der Waals surface area contributed by atoms with Crippen LogP contribution >= 0.6 is 0 Å². The van der Waals surface area contributed by atoms with Crippen LogP contribution in [-0.4, -0.2) is 39.4 Å². The maximum Gasteiger partial charge on any atom is 0.254 e. The number of carbonyl (C=O) groups excluding carboxylic acids is 2. The first-order valence-corrected chi connectivity index (χ1v) is 12.0. The first-order valence-electron chi connectivity index (χ1n) is 12.0. The van der Waals surface area contributed by atoms with Crippen LogP contribution < -0.4 is 5.32 Å². The summed E-state index contributed by atoms with van der Waals surface area (Å²) in [5, 5.41) is 2.88. The van der Waals surface area contributed by atoms with E-state index in [0.29, 0.717) is 35.4 Å². The van der Waals surface area contributed by atoms with E-state index in [2.05, 4.69) is 10.3 Å². The highest BCUT2D eigenvalue weighted by atomic mass is 19.1. The predicted molar refractivity (Wildman–Crippen MR) is 137 cm³/mol. The zero-order valence-electron chi connectivity index (χ0n) is 20.0. The molecule has 3 aromatic carbocycles. The molecule has 0 bridgehead atoms.